The fraction of sp³-hybridized carbons (Fsp3) is 0.278. The highest BCUT2D eigenvalue weighted by Crippen LogP contribution is 2.18. The van der Waals surface area contributed by atoms with Crippen molar-refractivity contribution in [2.75, 3.05) is 5.32 Å². The topological polar surface area (TPSA) is 41.1 Å². The van der Waals surface area contributed by atoms with Gasteiger partial charge in [-0.25, -0.2) is 0 Å². The van der Waals surface area contributed by atoms with Crippen molar-refractivity contribution in [2.45, 2.75) is 32.9 Å². The van der Waals surface area contributed by atoms with Crippen molar-refractivity contribution in [1.29, 1.82) is 0 Å². The minimum absolute atomic E-state index is 0.0482. The number of carbonyl (C=O) groups is 1. The number of aryl methyl sites for hydroxylation is 1. The van der Waals surface area contributed by atoms with E-state index in [-0.39, 0.29) is 5.91 Å². The Labute approximate surface area is 125 Å². The van der Waals surface area contributed by atoms with Gasteiger partial charge in [0.1, 0.15) is 0 Å². The van der Waals surface area contributed by atoms with E-state index in [9.17, 15) is 4.79 Å². The molecule has 0 atom stereocenters. The number of amides is 1. The third kappa shape index (κ3) is 3.14. The molecule has 0 bridgehead atoms. The van der Waals surface area contributed by atoms with Crippen LogP contribution in [0.25, 0.3) is 0 Å². The predicted octanol–water partition coefficient (Wildman–Crippen LogP) is 3.49. The fourth-order valence-electron chi connectivity index (χ4n) is 2.68. The van der Waals surface area contributed by atoms with Crippen molar-refractivity contribution in [3.63, 3.8) is 0 Å². The SMILES string of the molecule is CCCc1ccc(NC(=O)c2ccc3c(c2)CNC3)cc1. The first kappa shape index (κ1) is 13.8. The Balaban J connectivity index is 1.71. The van der Waals surface area contributed by atoms with E-state index in [1.165, 1.54) is 16.7 Å². The van der Waals surface area contributed by atoms with Crippen molar-refractivity contribution < 1.29 is 4.79 Å². The second kappa shape index (κ2) is 6.10. The molecule has 3 nitrogen and oxygen atoms in total. The molecule has 2 aromatic carbocycles. The number of fused-ring (bicyclic) bond motifs is 1. The standard InChI is InChI=1S/C18H20N2O/c1-2-3-13-4-8-17(9-5-13)20-18(21)14-6-7-15-11-19-12-16(15)10-14/h4-10,19H,2-3,11-12H2,1H3,(H,20,21). The maximum Gasteiger partial charge on any atom is 0.255 e. The molecule has 0 unspecified atom stereocenters. The summed E-state index contributed by atoms with van der Waals surface area (Å²) in [5.74, 6) is -0.0482. The maximum atomic E-state index is 12.3. The van der Waals surface area contributed by atoms with Crippen LogP contribution >= 0.6 is 0 Å². The summed E-state index contributed by atoms with van der Waals surface area (Å²) in [5, 5.41) is 6.25. The minimum atomic E-state index is -0.0482. The number of hydrogen-bond donors (Lipinski definition) is 2. The summed E-state index contributed by atoms with van der Waals surface area (Å²) in [6, 6.07) is 14.0. The van der Waals surface area contributed by atoms with Crippen LogP contribution in [-0.4, -0.2) is 5.91 Å². The summed E-state index contributed by atoms with van der Waals surface area (Å²) >= 11 is 0. The van der Waals surface area contributed by atoms with Crippen LogP contribution in [0.4, 0.5) is 5.69 Å². The van der Waals surface area contributed by atoms with Gasteiger partial charge in [-0.2, -0.15) is 0 Å². The van der Waals surface area contributed by atoms with Gasteiger partial charge in [0.05, 0.1) is 0 Å². The summed E-state index contributed by atoms with van der Waals surface area (Å²) in [6.07, 6.45) is 2.21. The molecule has 3 rings (SSSR count). The molecule has 0 fully saturated rings. The monoisotopic (exact) mass is 280 g/mol. The van der Waals surface area contributed by atoms with Crippen LogP contribution in [0.1, 0.15) is 40.4 Å². The van der Waals surface area contributed by atoms with Crippen LogP contribution in [0, 0.1) is 0 Å². The molecule has 21 heavy (non-hydrogen) atoms. The lowest BCUT2D eigenvalue weighted by Gasteiger charge is -2.07. The first-order valence-corrected chi connectivity index (χ1v) is 7.49. The van der Waals surface area contributed by atoms with Gasteiger partial charge in [0, 0.05) is 24.3 Å². The Morgan fingerprint density at radius 1 is 1.10 bits per heavy atom. The number of hydrogen-bond acceptors (Lipinski definition) is 2. The Hall–Kier alpha value is -2.13. The molecule has 3 heteroatoms. The van der Waals surface area contributed by atoms with Gasteiger partial charge >= 0.3 is 0 Å². The predicted molar refractivity (Wildman–Crippen MR) is 85.4 cm³/mol. The molecule has 108 valence electrons. The Kier molecular flexibility index (Phi) is 4.02. The first-order chi connectivity index (χ1) is 10.3. The summed E-state index contributed by atoms with van der Waals surface area (Å²) in [7, 11) is 0. The fourth-order valence-corrected chi connectivity index (χ4v) is 2.68. The maximum absolute atomic E-state index is 12.3. The molecule has 0 spiro atoms. The van der Waals surface area contributed by atoms with Crippen molar-refractivity contribution in [3.8, 4) is 0 Å². The van der Waals surface area contributed by atoms with Crippen LogP contribution in [-0.2, 0) is 19.5 Å². The zero-order valence-corrected chi connectivity index (χ0v) is 12.3. The molecular formula is C18H20N2O. The van der Waals surface area contributed by atoms with Gasteiger partial charge in [-0.1, -0.05) is 31.5 Å². The van der Waals surface area contributed by atoms with Gasteiger partial charge in [0.25, 0.3) is 5.91 Å². The third-order valence-electron chi connectivity index (χ3n) is 3.85. The van der Waals surface area contributed by atoms with Crippen LogP contribution < -0.4 is 10.6 Å². The molecule has 0 aliphatic carbocycles. The molecule has 2 N–H and O–H groups in total. The smallest absolute Gasteiger partial charge is 0.255 e. The van der Waals surface area contributed by atoms with E-state index in [4.69, 9.17) is 0 Å². The quantitative estimate of drug-likeness (QED) is 0.900. The van der Waals surface area contributed by atoms with Gasteiger partial charge in [0.2, 0.25) is 0 Å². The molecular weight excluding hydrogens is 260 g/mol. The largest absolute Gasteiger partial charge is 0.322 e. The van der Waals surface area contributed by atoms with Gasteiger partial charge in [0.15, 0.2) is 0 Å². The van der Waals surface area contributed by atoms with E-state index in [0.29, 0.717) is 0 Å². The molecule has 1 aliphatic heterocycles. The number of anilines is 1. The molecule has 1 aliphatic rings. The highest BCUT2D eigenvalue weighted by atomic mass is 16.1. The molecule has 2 aromatic rings. The number of rotatable bonds is 4. The van der Waals surface area contributed by atoms with Gasteiger partial charge in [-0.05, 0) is 47.4 Å². The second-order valence-corrected chi connectivity index (χ2v) is 5.49. The average molecular weight is 280 g/mol. The summed E-state index contributed by atoms with van der Waals surface area (Å²) in [6.45, 7) is 3.91. The van der Waals surface area contributed by atoms with Crippen LogP contribution in [0.2, 0.25) is 0 Å². The van der Waals surface area contributed by atoms with Crippen molar-refractivity contribution >= 4 is 11.6 Å². The third-order valence-corrected chi connectivity index (χ3v) is 3.85. The lowest BCUT2D eigenvalue weighted by molar-refractivity contribution is 0.102. The molecule has 0 saturated heterocycles. The lowest BCUT2D eigenvalue weighted by atomic mass is 10.1. The molecule has 1 heterocycles. The van der Waals surface area contributed by atoms with E-state index >= 15 is 0 Å². The highest BCUT2D eigenvalue weighted by Gasteiger charge is 2.13. The Morgan fingerprint density at radius 3 is 2.62 bits per heavy atom. The van der Waals surface area contributed by atoms with Crippen LogP contribution in [0.5, 0.6) is 0 Å². The van der Waals surface area contributed by atoms with Crippen molar-refractivity contribution in [1.82, 2.24) is 5.32 Å². The highest BCUT2D eigenvalue weighted by molar-refractivity contribution is 6.04. The minimum Gasteiger partial charge on any atom is -0.322 e. The van der Waals surface area contributed by atoms with Gasteiger partial charge in [-0.15, -0.1) is 0 Å². The molecule has 0 radical (unpaired) electrons. The van der Waals surface area contributed by atoms with E-state index in [0.717, 1.165) is 37.2 Å². The summed E-state index contributed by atoms with van der Waals surface area (Å²) in [5.41, 5.74) is 5.38. The number of benzene rings is 2. The summed E-state index contributed by atoms with van der Waals surface area (Å²) in [4.78, 5) is 12.3. The van der Waals surface area contributed by atoms with Crippen molar-refractivity contribution in [2.24, 2.45) is 0 Å². The average Bonchev–Trinajstić information content (AvgIpc) is 2.97. The molecule has 0 saturated carbocycles. The van der Waals surface area contributed by atoms with Gasteiger partial charge < -0.3 is 10.6 Å². The zero-order valence-electron chi connectivity index (χ0n) is 12.3. The lowest BCUT2D eigenvalue weighted by Crippen LogP contribution is -2.12. The zero-order chi connectivity index (χ0) is 14.7. The molecule has 0 aromatic heterocycles. The van der Waals surface area contributed by atoms with E-state index in [2.05, 4.69) is 29.7 Å². The summed E-state index contributed by atoms with van der Waals surface area (Å²) < 4.78 is 0. The van der Waals surface area contributed by atoms with Crippen LogP contribution in [0.15, 0.2) is 42.5 Å². The van der Waals surface area contributed by atoms with E-state index < -0.39 is 0 Å². The Morgan fingerprint density at radius 2 is 1.86 bits per heavy atom. The van der Waals surface area contributed by atoms with Crippen LogP contribution in [0.3, 0.4) is 0 Å². The Bertz CT molecular complexity index is 647. The number of carbonyl (C=O) groups excluding carboxylic acids is 1. The normalized spacial score (nSPS) is 13.0. The number of nitrogens with one attached hydrogen (secondary N) is 2. The first-order valence-electron chi connectivity index (χ1n) is 7.49. The van der Waals surface area contributed by atoms with Crippen molar-refractivity contribution in [3.05, 3.63) is 64.7 Å². The van der Waals surface area contributed by atoms with Gasteiger partial charge in [-0.3, -0.25) is 4.79 Å². The van der Waals surface area contributed by atoms with E-state index in [1.807, 2.05) is 30.3 Å². The molecule has 1 amide bonds. The second-order valence-electron chi connectivity index (χ2n) is 5.49. The van der Waals surface area contributed by atoms with E-state index in [1.54, 1.807) is 0 Å².